The van der Waals surface area contributed by atoms with Crippen molar-refractivity contribution in [3.8, 4) is 0 Å². The summed E-state index contributed by atoms with van der Waals surface area (Å²) in [7, 11) is -2.05. The van der Waals surface area contributed by atoms with Crippen LogP contribution in [0.5, 0.6) is 0 Å². The summed E-state index contributed by atoms with van der Waals surface area (Å²) in [5, 5.41) is 6.47. The summed E-state index contributed by atoms with van der Waals surface area (Å²) < 4.78 is 26.5. The van der Waals surface area contributed by atoms with Gasteiger partial charge in [-0.1, -0.05) is 18.2 Å². The van der Waals surface area contributed by atoms with E-state index < -0.39 is 10.0 Å². The molecule has 0 fully saturated rings. The number of thiocarbonyl (C=S) groups is 1. The van der Waals surface area contributed by atoms with Crippen molar-refractivity contribution < 1.29 is 8.42 Å². The van der Waals surface area contributed by atoms with Crippen molar-refractivity contribution in [1.29, 1.82) is 0 Å². The molecule has 2 N–H and O–H groups in total. The van der Waals surface area contributed by atoms with Gasteiger partial charge >= 0.3 is 0 Å². The summed E-state index contributed by atoms with van der Waals surface area (Å²) in [5.74, 6) is 0. The summed E-state index contributed by atoms with van der Waals surface area (Å²) in [6.45, 7) is 2.67. The van der Waals surface area contributed by atoms with Gasteiger partial charge in [0.25, 0.3) is 10.0 Å². The SMILES string of the molecule is CCNC(=S)Nc1ccc(S(=O)(=O)N(C)c2ccccc2)cc1. The first-order valence-electron chi connectivity index (χ1n) is 7.14. The Morgan fingerprint density at radius 2 is 1.70 bits per heavy atom. The Morgan fingerprint density at radius 1 is 1.09 bits per heavy atom. The van der Waals surface area contributed by atoms with Crippen LogP contribution in [0.1, 0.15) is 6.92 Å². The van der Waals surface area contributed by atoms with Crippen molar-refractivity contribution in [2.75, 3.05) is 23.2 Å². The predicted molar refractivity (Wildman–Crippen MR) is 98.4 cm³/mol. The molecule has 2 aromatic carbocycles. The van der Waals surface area contributed by atoms with Crippen molar-refractivity contribution in [2.45, 2.75) is 11.8 Å². The van der Waals surface area contributed by atoms with Crippen molar-refractivity contribution >= 4 is 38.7 Å². The van der Waals surface area contributed by atoms with Crippen LogP contribution in [-0.2, 0) is 10.0 Å². The molecule has 0 aliphatic carbocycles. The first-order valence-corrected chi connectivity index (χ1v) is 8.99. The van der Waals surface area contributed by atoms with Crippen LogP contribution in [0.25, 0.3) is 0 Å². The molecule has 0 spiro atoms. The lowest BCUT2D eigenvalue weighted by molar-refractivity contribution is 0.594. The Balaban J connectivity index is 2.19. The number of para-hydroxylation sites is 1. The van der Waals surface area contributed by atoms with Gasteiger partial charge in [-0.25, -0.2) is 8.42 Å². The zero-order valence-electron chi connectivity index (χ0n) is 13.0. The molecule has 0 saturated heterocycles. The Kier molecular flexibility index (Phi) is 5.57. The van der Waals surface area contributed by atoms with E-state index in [0.29, 0.717) is 10.8 Å². The molecular weight excluding hydrogens is 330 g/mol. The second-order valence-corrected chi connectivity index (χ2v) is 7.19. The van der Waals surface area contributed by atoms with Gasteiger partial charge in [-0.05, 0) is 55.5 Å². The standard InChI is InChI=1S/C16H19N3O2S2/c1-3-17-16(22)18-13-9-11-15(12-10-13)23(20,21)19(2)14-7-5-4-6-8-14/h4-12H,3H2,1-2H3,(H2,17,18,22). The van der Waals surface area contributed by atoms with Crippen LogP contribution in [-0.4, -0.2) is 27.1 Å². The highest BCUT2D eigenvalue weighted by molar-refractivity contribution is 7.92. The van der Waals surface area contributed by atoms with Gasteiger partial charge in [-0.3, -0.25) is 4.31 Å². The highest BCUT2D eigenvalue weighted by Gasteiger charge is 2.20. The van der Waals surface area contributed by atoms with Gasteiger partial charge in [-0.15, -0.1) is 0 Å². The number of rotatable bonds is 5. The molecule has 0 unspecified atom stereocenters. The lowest BCUT2D eigenvalue weighted by Crippen LogP contribution is -2.28. The fourth-order valence-corrected chi connectivity index (χ4v) is 3.44. The number of benzene rings is 2. The Hall–Kier alpha value is -2.12. The molecule has 23 heavy (non-hydrogen) atoms. The monoisotopic (exact) mass is 349 g/mol. The molecule has 0 amide bonds. The quantitative estimate of drug-likeness (QED) is 0.813. The Labute approximate surface area is 142 Å². The van der Waals surface area contributed by atoms with Crippen LogP contribution in [0.15, 0.2) is 59.5 Å². The van der Waals surface area contributed by atoms with E-state index in [1.54, 1.807) is 48.5 Å². The molecule has 0 radical (unpaired) electrons. The largest absolute Gasteiger partial charge is 0.363 e. The van der Waals surface area contributed by atoms with Crippen molar-refractivity contribution in [3.63, 3.8) is 0 Å². The van der Waals surface area contributed by atoms with Gasteiger partial charge in [0.1, 0.15) is 0 Å². The molecule has 0 aliphatic rings. The Morgan fingerprint density at radius 3 is 2.26 bits per heavy atom. The van der Waals surface area contributed by atoms with Gasteiger partial charge in [0.2, 0.25) is 0 Å². The van der Waals surface area contributed by atoms with Gasteiger partial charge in [0, 0.05) is 19.3 Å². The minimum Gasteiger partial charge on any atom is -0.363 e. The van der Waals surface area contributed by atoms with E-state index >= 15 is 0 Å². The van der Waals surface area contributed by atoms with Gasteiger partial charge in [-0.2, -0.15) is 0 Å². The summed E-state index contributed by atoms with van der Waals surface area (Å²) in [4.78, 5) is 0.226. The molecule has 0 saturated carbocycles. The van der Waals surface area contributed by atoms with E-state index in [-0.39, 0.29) is 4.90 Å². The summed E-state index contributed by atoms with van der Waals surface area (Å²) in [5.41, 5.74) is 1.35. The minimum atomic E-state index is -3.59. The minimum absolute atomic E-state index is 0.226. The fourth-order valence-electron chi connectivity index (χ4n) is 1.98. The zero-order valence-corrected chi connectivity index (χ0v) is 14.6. The van der Waals surface area contributed by atoms with Gasteiger partial charge in [0.15, 0.2) is 5.11 Å². The smallest absolute Gasteiger partial charge is 0.264 e. The van der Waals surface area contributed by atoms with E-state index in [1.807, 2.05) is 13.0 Å². The normalized spacial score (nSPS) is 10.9. The average Bonchev–Trinajstić information content (AvgIpc) is 2.55. The maximum atomic E-state index is 12.6. The van der Waals surface area contributed by atoms with Crippen LogP contribution < -0.4 is 14.9 Å². The number of anilines is 2. The molecule has 0 atom stereocenters. The first-order chi connectivity index (χ1) is 10.9. The number of sulfonamides is 1. The number of nitrogens with zero attached hydrogens (tertiary/aromatic N) is 1. The first kappa shape index (κ1) is 17.2. The molecule has 0 aromatic heterocycles. The number of hydrogen-bond acceptors (Lipinski definition) is 3. The second-order valence-electron chi connectivity index (χ2n) is 4.82. The molecule has 7 heteroatoms. The van der Waals surface area contributed by atoms with E-state index in [4.69, 9.17) is 12.2 Å². The fraction of sp³-hybridized carbons (Fsp3) is 0.188. The number of hydrogen-bond donors (Lipinski definition) is 2. The van der Waals surface area contributed by atoms with E-state index in [9.17, 15) is 8.42 Å². The van der Waals surface area contributed by atoms with Crippen LogP contribution in [0.2, 0.25) is 0 Å². The van der Waals surface area contributed by atoms with Crippen LogP contribution in [0, 0.1) is 0 Å². The predicted octanol–water partition coefficient (Wildman–Crippen LogP) is 2.82. The summed E-state index contributed by atoms with van der Waals surface area (Å²) in [6.07, 6.45) is 0. The molecular formula is C16H19N3O2S2. The summed E-state index contributed by atoms with van der Waals surface area (Å²) >= 11 is 5.10. The number of nitrogens with one attached hydrogen (secondary N) is 2. The molecule has 0 aliphatic heterocycles. The van der Waals surface area contributed by atoms with Crippen LogP contribution >= 0.6 is 12.2 Å². The van der Waals surface area contributed by atoms with Crippen molar-refractivity contribution in [1.82, 2.24) is 5.32 Å². The molecule has 122 valence electrons. The van der Waals surface area contributed by atoms with E-state index in [1.165, 1.54) is 11.4 Å². The molecule has 2 aromatic rings. The third-order valence-electron chi connectivity index (χ3n) is 3.23. The average molecular weight is 349 g/mol. The highest BCUT2D eigenvalue weighted by atomic mass is 32.2. The molecule has 0 heterocycles. The molecule has 5 nitrogen and oxygen atoms in total. The van der Waals surface area contributed by atoms with Crippen LogP contribution in [0.4, 0.5) is 11.4 Å². The van der Waals surface area contributed by atoms with Crippen molar-refractivity contribution in [3.05, 3.63) is 54.6 Å². The Bertz CT molecular complexity index is 760. The van der Waals surface area contributed by atoms with Gasteiger partial charge in [0.05, 0.1) is 10.6 Å². The van der Waals surface area contributed by atoms with E-state index in [0.717, 1.165) is 12.2 Å². The van der Waals surface area contributed by atoms with Crippen LogP contribution in [0.3, 0.4) is 0 Å². The van der Waals surface area contributed by atoms with E-state index in [2.05, 4.69) is 10.6 Å². The lowest BCUT2D eigenvalue weighted by Gasteiger charge is -2.19. The second kappa shape index (κ2) is 7.43. The maximum absolute atomic E-state index is 12.6. The topological polar surface area (TPSA) is 61.4 Å². The third-order valence-corrected chi connectivity index (χ3v) is 5.27. The molecule has 2 rings (SSSR count). The van der Waals surface area contributed by atoms with Crippen molar-refractivity contribution in [2.24, 2.45) is 0 Å². The zero-order chi connectivity index (χ0) is 16.9. The lowest BCUT2D eigenvalue weighted by atomic mass is 10.3. The highest BCUT2D eigenvalue weighted by Crippen LogP contribution is 2.22. The van der Waals surface area contributed by atoms with Gasteiger partial charge < -0.3 is 10.6 Å². The maximum Gasteiger partial charge on any atom is 0.264 e. The summed E-state index contributed by atoms with van der Waals surface area (Å²) in [6, 6.07) is 15.5. The third kappa shape index (κ3) is 4.20. The molecule has 0 bridgehead atoms.